The number of carbonyl (C=O) groups is 3. The third kappa shape index (κ3) is 5.86. The van der Waals surface area contributed by atoms with Crippen LogP contribution in [0, 0.1) is 0 Å². The van der Waals surface area contributed by atoms with Gasteiger partial charge in [-0.2, -0.15) is 0 Å². The fraction of sp³-hybridized carbons (Fsp3) is 0.0667. The Morgan fingerprint density at radius 3 is 2.17 bits per heavy atom. The lowest BCUT2D eigenvalue weighted by molar-refractivity contribution is -0.121. The average Bonchev–Trinajstić information content (AvgIpc) is 3.21. The number of hydrogen-bond acceptors (Lipinski definition) is 6. The van der Waals surface area contributed by atoms with Crippen molar-refractivity contribution in [2.75, 3.05) is 11.4 Å². The number of thiocarbonyl (C=S) groups is 1. The van der Waals surface area contributed by atoms with E-state index in [9.17, 15) is 14.4 Å². The lowest BCUT2D eigenvalue weighted by Crippen LogP contribution is -2.54. The molecule has 0 aliphatic carbocycles. The van der Waals surface area contributed by atoms with Gasteiger partial charge >= 0.3 is 6.03 Å². The molecule has 5 rings (SSSR count). The fourth-order valence-corrected chi connectivity index (χ4v) is 5.57. The Kier molecular flexibility index (Phi) is 8.16. The van der Waals surface area contributed by atoms with E-state index < -0.39 is 17.4 Å². The third-order valence-electron chi connectivity index (χ3n) is 5.99. The van der Waals surface area contributed by atoms with Crippen molar-refractivity contribution >= 4 is 75.6 Å². The molecule has 2 fully saturated rings. The van der Waals surface area contributed by atoms with Crippen molar-refractivity contribution < 1.29 is 19.1 Å². The second kappa shape index (κ2) is 11.9. The molecule has 0 bridgehead atoms. The number of rotatable bonds is 7. The van der Waals surface area contributed by atoms with E-state index >= 15 is 0 Å². The predicted octanol–water partition coefficient (Wildman–Crippen LogP) is 6.57. The molecule has 0 radical (unpaired) electrons. The van der Waals surface area contributed by atoms with E-state index in [-0.39, 0.29) is 11.5 Å². The van der Waals surface area contributed by atoms with Gasteiger partial charge in [-0.3, -0.25) is 14.5 Å². The van der Waals surface area contributed by atoms with E-state index in [1.165, 1.54) is 16.7 Å². The first kappa shape index (κ1) is 27.4. The lowest BCUT2D eigenvalue weighted by Gasteiger charge is -2.30. The summed E-state index contributed by atoms with van der Waals surface area (Å²) in [5, 5.41) is 2.62. The number of amides is 4. The second-order valence-corrected chi connectivity index (χ2v) is 10.8. The topological polar surface area (TPSA) is 79.0 Å². The Morgan fingerprint density at radius 2 is 1.52 bits per heavy atom. The van der Waals surface area contributed by atoms with Gasteiger partial charge in [0.15, 0.2) is 0 Å². The molecule has 0 spiro atoms. The van der Waals surface area contributed by atoms with E-state index in [4.69, 9.17) is 28.6 Å². The van der Waals surface area contributed by atoms with Gasteiger partial charge in [-0.05, 0) is 59.7 Å². The summed E-state index contributed by atoms with van der Waals surface area (Å²) in [5.74, 6) is 0.546. The smallest absolute Gasteiger partial charge is 0.330 e. The first-order valence-electron chi connectivity index (χ1n) is 12.1. The summed E-state index contributed by atoms with van der Waals surface area (Å²) in [6, 6.07) is 22.5. The molecule has 0 saturated carbocycles. The normalized spacial score (nSPS) is 19.4. The first-order valence-corrected chi connectivity index (χ1v) is 13.8. The maximum atomic E-state index is 13.4. The highest BCUT2D eigenvalue weighted by atomic mass is 35.5. The van der Waals surface area contributed by atoms with E-state index in [0.29, 0.717) is 38.5 Å². The predicted molar refractivity (Wildman–Crippen MR) is 163 cm³/mol. The van der Waals surface area contributed by atoms with Crippen LogP contribution in [-0.4, -0.2) is 39.1 Å². The first-order chi connectivity index (χ1) is 19.3. The number of para-hydroxylation sites is 1. The molecule has 3 aromatic rings. The summed E-state index contributed by atoms with van der Waals surface area (Å²) in [6.07, 6.45) is 5.03. The molecule has 10 heteroatoms. The van der Waals surface area contributed by atoms with Crippen LogP contribution in [-0.2, 0) is 9.59 Å². The molecular formula is C30H22ClN3O4S2. The molecular weight excluding hydrogens is 566 g/mol. The van der Waals surface area contributed by atoms with Crippen LogP contribution in [0.1, 0.15) is 11.1 Å². The van der Waals surface area contributed by atoms with Gasteiger partial charge < -0.3 is 10.1 Å². The summed E-state index contributed by atoms with van der Waals surface area (Å²) < 4.78 is 6.29. The van der Waals surface area contributed by atoms with E-state index in [2.05, 4.69) is 11.9 Å². The maximum absolute atomic E-state index is 13.4. The van der Waals surface area contributed by atoms with Gasteiger partial charge in [0.1, 0.15) is 21.3 Å². The van der Waals surface area contributed by atoms with Crippen molar-refractivity contribution in [3.63, 3.8) is 0 Å². The minimum Gasteiger partial charge on any atom is -0.457 e. The molecule has 0 aromatic heterocycles. The number of halogens is 1. The standard InChI is InChI=1S/C30H22ClN3O4S2/c1-2-16-33-28(36)25(40-30(33)39)18-20-10-8-19(9-11-20)17-24-26(31)32-29(37)34(27(24)35)21-12-14-23(15-13-21)38-22-6-4-3-5-7-22/h2-15,17-18,26H,1,16H2,(H,32,37). The molecule has 2 aliphatic rings. The number of alkyl halides is 1. The van der Waals surface area contributed by atoms with Gasteiger partial charge in [0, 0.05) is 6.54 Å². The van der Waals surface area contributed by atoms with Gasteiger partial charge in [-0.25, -0.2) is 9.69 Å². The molecule has 200 valence electrons. The Hall–Kier alpha value is -4.18. The summed E-state index contributed by atoms with van der Waals surface area (Å²) in [7, 11) is 0. The molecule has 1 unspecified atom stereocenters. The van der Waals surface area contributed by atoms with Crippen LogP contribution in [0.3, 0.4) is 0 Å². The Bertz CT molecular complexity index is 1550. The SMILES string of the molecule is C=CCN1C(=O)C(=Cc2ccc(C=C3C(=O)N(c4ccc(Oc5ccccc5)cc4)C(=O)NC3Cl)cc2)SC1=S. The van der Waals surface area contributed by atoms with Gasteiger partial charge in [-0.15, -0.1) is 6.58 Å². The number of benzene rings is 3. The second-order valence-electron chi connectivity index (χ2n) is 8.71. The van der Waals surface area contributed by atoms with Gasteiger partial charge in [-0.1, -0.05) is 84.1 Å². The molecule has 2 aliphatic heterocycles. The molecule has 3 aromatic carbocycles. The minimum absolute atomic E-state index is 0.158. The van der Waals surface area contributed by atoms with Crippen LogP contribution < -0.4 is 15.0 Å². The number of anilines is 1. The monoisotopic (exact) mass is 587 g/mol. The highest BCUT2D eigenvalue weighted by Gasteiger charge is 2.36. The summed E-state index contributed by atoms with van der Waals surface area (Å²) in [5.41, 5.74) is 1.09. The summed E-state index contributed by atoms with van der Waals surface area (Å²) in [6.45, 7) is 4.02. The zero-order valence-corrected chi connectivity index (χ0v) is 23.3. The van der Waals surface area contributed by atoms with Crippen LogP contribution >= 0.6 is 35.6 Å². The quantitative estimate of drug-likeness (QED) is 0.111. The molecule has 1 atom stereocenters. The number of nitrogens with one attached hydrogen (secondary N) is 1. The lowest BCUT2D eigenvalue weighted by atomic mass is 10.1. The van der Waals surface area contributed by atoms with Crippen LogP contribution in [0.15, 0.2) is 102 Å². The van der Waals surface area contributed by atoms with Crippen LogP contribution in [0.2, 0.25) is 0 Å². The Balaban J connectivity index is 1.33. The van der Waals surface area contributed by atoms with E-state index in [0.717, 1.165) is 10.5 Å². The highest BCUT2D eigenvalue weighted by molar-refractivity contribution is 8.26. The highest BCUT2D eigenvalue weighted by Crippen LogP contribution is 2.33. The number of hydrogen-bond donors (Lipinski definition) is 1. The molecule has 4 amide bonds. The molecule has 2 saturated heterocycles. The number of imide groups is 1. The fourth-order valence-electron chi connectivity index (χ4n) is 4.04. The number of nitrogens with zero attached hydrogens (tertiary/aromatic N) is 2. The maximum Gasteiger partial charge on any atom is 0.330 e. The van der Waals surface area contributed by atoms with Crippen molar-refractivity contribution in [2.24, 2.45) is 0 Å². The van der Waals surface area contributed by atoms with Crippen LogP contribution in [0.5, 0.6) is 11.5 Å². The van der Waals surface area contributed by atoms with Crippen molar-refractivity contribution in [1.29, 1.82) is 0 Å². The van der Waals surface area contributed by atoms with Crippen molar-refractivity contribution in [3.05, 3.63) is 113 Å². The summed E-state index contributed by atoms with van der Waals surface area (Å²) >= 11 is 12.9. The zero-order valence-electron chi connectivity index (χ0n) is 21.0. The zero-order chi connectivity index (χ0) is 28.2. The minimum atomic E-state index is -0.997. The Labute approximate surface area is 245 Å². The van der Waals surface area contributed by atoms with Gasteiger partial charge in [0.25, 0.3) is 11.8 Å². The molecule has 40 heavy (non-hydrogen) atoms. The average molecular weight is 588 g/mol. The molecule has 2 heterocycles. The number of ether oxygens (including phenoxy) is 1. The largest absolute Gasteiger partial charge is 0.457 e. The molecule has 1 N–H and O–H groups in total. The number of carbonyl (C=O) groups excluding carboxylic acids is 3. The van der Waals surface area contributed by atoms with Crippen molar-refractivity contribution in [2.45, 2.75) is 5.50 Å². The van der Waals surface area contributed by atoms with Crippen LogP contribution in [0.25, 0.3) is 12.2 Å². The van der Waals surface area contributed by atoms with Crippen LogP contribution in [0.4, 0.5) is 10.5 Å². The number of urea groups is 1. The van der Waals surface area contributed by atoms with E-state index in [1.54, 1.807) is 54.6 Å². The Morgan fingerprint density at radius 1 is 0.900 bits per heavy atom. The van der Waals surface area contributed by atoms with Crippen molar-refractivity contribution in [3.8, 4) is 11.5 Å². The van der Waals surface area contributed by atoms with Gasteiger partial charge in [0.05, 0.1) is 16.2 Å². The van der Waals surface area contributed by atoms with Crippen molar-refractivity contribution in [1.82, 2.24) is 10.2 Å². The van der Waals surface area contributed by atoms with Gasteiger partial charge in [0.2, 0.25) is 0 Å². The summed E-state index contributed by atoms with van der Waals surface area (Å²) in [4.78, 5) is 41.7. The molecule has 7 nitrogen and oxygen atoms in total. The number of thioether (sulfide) groups is 1. The third-order valence-corrected chi connectivity index (χ3v) is 7.71. The van der Waals surface area contributed by atoms with E-state index in [1.807, 2.05) is 42.5 Å².